The first-order valence-electron chi connectivity index (χ1n) is 9.63. The zero-order chi connectivity index (χ0) is 19.0. The van der Waals surface area contributed by atoms with Crippen molar-refractivity contribution in [2.45, 2.75) is 83.3 Å². The lowest BCUT2D eigenvalue weighted by Gasteiger charge is -2.30. The zero-order valence-corrected chi connectivity index (χ0v) is 16.5. The van der Waals surface area contributed by atoms with Crippen LogP contribution >= 0.6 is 0 Å². The topological polar surface area (TPSA) is 57.2 Å². The molecule has 0 unspecified atom stereocenters. The quantitative estimate of drug-likeness (QED) is 0.647. The third-order valence-corrected chi connectivity index (χ3v) is 4.80. The molecule has 0 bridgehead atoms. The number of hydrogen-bond donors (Lipinski definition) is 1. The maximum absolute atomic E-state index is 10.5. The van der Waals surface area contributed by atoms with Crippen LogP contribution in [0.5, 0.6) is 0 Å². The van der Waals surface area contributed by atoms with Crippen molar-refractivity contribution in [1.29, 1.82) is 0 Å². The van der Waals surface area contributed by atoms with Gasteiger partial charge in [0.2, 0.25) is 0 Å². The van der Waals surface area contributed by atoms with Crippen LogP contribution in [0.1, 0.15) is 52.0 Å². The second-order valence-electron chi connectivity index (χ2n) is 7.42. The maximum Gasteiger partial charge on any atom is 0.163 e. The Morgan fingerprint density at radius 1 is 1.27 bits per heavy atom. The molecular formula is C21H34O5. The van der Waals surface area contributed by atoms with Crippen molar-refractivity contribution < 1.29 is 24.1 Å². The summed E-state index contributed by atoms with van der Waals surface area (Å²) in [6, 6.07) is 10.1. The van der Waals surface area contributed by atoms with Crippen LogP contribution in [0.4, 0.5) is 0 Å². The smallest absolute Gasteiger partial charge is 0.163 e. The summed E-state index contributed by atoms with van der Waals surface area (Å²) < 4.78 is 23.5. The van der Waals surface area contributed by atoms with Gasteiger partial charge in [-0.15, -0.1) is 0 Å². The van der Waals surface area contributed by atoms with E-state index in [0.29, 0.717) is 19.6 Å². The molecule has 26 heavy (non-hydrogen) atoms. The Kier molecular flexibility index (Phi) is 8.51. The van der Waals surface area contributed by atoms with Crippen molar-refractivity contribution in [1.82, 2.24) is 0 Å². The number of methoxy groups -OCH3 is 1. The average molecular weight is 366 g/mol. The minimum atomic E-state index is -0.609. The van der Waals surface area contributed by atoms with Gasteiger partial charge >= 0.3 is 0 Å². The van der Waals surface area contributed by atoms with E-state index in [0.717, 1.165) is 24.8 Å². The Bertz CT molecular complexity index is 504. The summed E-state index contributed by atoms with van der Waals surface area (Å²) in [5, 5.41) is 10.5. The van der Waals surface area contributed by atoms with Crippen LogP contribution in [-0.2, 0) is 25.6 Å². The van der Waals surface area contributed by atoms with Crippen molar-refractivity contribution in [2.75, 3.05) is 13.7 Å². The summed E-state index contributed by atoms with van der Waals surface area (Å²) in [4.78, 5) is 0. The molecule has 148 valence electrons. The van der Waals surface area contributed by atoms with E-state index < -0.39 is 11.9 Å². The predicted molar refractivity (Wildman–Crippen MR) is 101 cm³/mol. The summed E-state index contributed by atoms with van der Waals surface area (Å²) in [6.07, 6.45) is 2.16. The Morgan fingerprint density at radius 3 is 2.58 bits per heavy atom. The van der Waals surface area contributed by atoms with E-state index in [1.54, 1.807) is 7.11 Å². The summed E-state index contributed by atoms with van der Waals surface area (Å²) in [6.45, 7) is 6.91. The van der Waals surface area contributed by atoms with E-state index >= 15 is 0 Å². The van der Waals surface area contributed by atoms with Crippen LogP contribution in [0.15, 0.2) is 30.3 Å². The molecule has 2 rings (SSSR count). The van der Waals surface area contributed by atoms with Gasteiger partial charge in [0, 0.05) is 13.5 Å². The summed E-state index contributed by atoms with van der Waals surface area (Å²) in [7, 11) is 1.64. The molecule has 1 N–H and O–H groups in total. The van der Waals surface area contributed by atoms with Crippen LogP contribution in [0.3, 0.4) is 0 Å². The lowest BCUT2D eigenvalue weighted by molar-refractivity contribution is -0.164. The van der Waals surface area contributed by atoms with E-state index in [2.05, 4.69) is 6.92 Å². The Hall–Kier alpha value is -0.980. The molecule has 0 aliphatic carbocycles. The van der Waals surface area contributed by atoms with Gasteiger partial charge in [0.05, 0.1) is 31.5 Å². The lowest BCUT2D eigenvalue weighted by atomic mass is 9.99. The fourth-order valence-electron chi connectivity index (χ4n) is 3.24. The van der Waals surface area contributed by atoms with Gasteiger partial charge in [0.25, 0.3) is 0 Å². The molecule has 1 aliphatic rings. The second kappa shape index (κ2) is 10.4. The first kappa shape index (κ1) is 21.3. The van der Waals surface area contributed by atoms with Crippen LogP contribution in [-0.4, -0.2) is 49.0 Å². The summed E-state index contributed by atoms with van der Waals surface area (Å²) >= 11 is 0. The second-order valence-corrected chi connectivity index (χ2v) is 7.42. The van der Waals surface area contributed by atoms with Gasteiger partial charge in [-0.05, 0) is 25.8 Å². The van der Waals surface area contributed by atoms with Crippen LogP contribution in [0, 0.1) is 0 Å². The first-order valence-corrected chi connectivity index (χ1v) is 9.63. The van der Waals surface area contributed by atoms with Gasteiger partial charge in [0.1, 0.15) is 6.10 Å². The molecule has 1 saturated heterocycles. The molecule has 0 radical (unpaired) electrons. The molecule has 0 aromatic heterocycles. The predicted octanol–water partition coefficient (Wildman–Crippen LogP) is 3.68. The molecule has 1 heterocycles. The molecule has 5 nitrogen and oxygen atoms in total. The van der Waals surface area contributed by atoms with Gasteiger partial charge < -0.3 is 24.1 Å². The van der Waals surface area contributed by atoms with E-state index in [4.69, 9.17) is 18.9 Å². The molecule has 1 fully saturated rings. The summed E-state index contributed by atoms with van der Waals surface area (Å²) in [5.74, 6) is -0.609. The summed E-state index contributed by atoms with van der Waals surface area (Å²) in [5.41, 5.74) is 1.11. The highest BCUT2D eigenvalue weighted by Crippen LogP contribution is 2.28. The highest BCUT2D eigenvalue weighted by atomic mass is 16.7. The van der Waals surface area contributed by atoms with Crippen LogP contribution in [0.25, 0.3) is 0 Å². The third kappa shape index (κ3) is 6.63. The van der Waals surface area contributed by atoms with Crippen LogP contribution in [0.2, 0.25) is 0 Å². The van der Waals surface area contributed by atoms with Gasteiger partial charge in [0.15, 0.2) is 5.79 Å². The number of ether oxygens (including phenoxy) is 4. The SMILES string of the molecule is CCCC[C@@H](O)[C@@H](C[C@H](OCc1ccccc1)[C@H]1COC(C)(C)O1)OC. The first-order chi connectivity index (χ1) is 12.4. The highest BCUT2D eigenvalue weighted by Gasteiger charge is 2.39. The van der Waals surface area contributed by atoms with Crippen molar-refractivity contribution in [3.63, 3.8) is 0 Å². The Balaban J connectivity index is 2.01. The zero-order valence-electron chi connectivity index (χ0n) is 16.5. The largest absolute Gasteiger partial charge is 0.390 e. The minimum Gasteiger partial charge on any atom is -0.390 e. The van der Waals surface area contributed by atoms with Gasteiger partial charge in [-0.1, -0.05) is 50.1 Å². The fourth-order valence-corrected chi connectivity index (χ4v) is 3.24. The molecule has 1 aromatic carbocycles. The average Bonchev–Trinajstić information content (AvgIpc) is 3.00. The lowest BCUT2D eigenvalue weighted by Crippen LogP contribution is -2.40. The third-order valence-electron chi connectivity index (χ3n) is 4.80. The van der Waals surface area contributed by atoms with Crippen molar-refractivity contribution in [2.24, 2.45) is 0 Å². The van der Waals surface area contributed by atoms with Crippen molar-refractivity contribution in [3.05, 3.63) is 35.9 Å². The maximum atomic E-state index is 10.5. The number of aliphatic hydroxyl groups excluding tert-OH is 1. The molecule has 0 spiro atoms. The molecule has 0 amide bonds. The number of unbranched alkanes of at least 4 members (excludes halogenated alkanes) is 1. The fraction of sp³-hybridized carbons (Fsp3) is 0.714. The Morgan fingerprint density at radius 2 is 2.00 bits per heavy atom. The van der Waals surface area contributed by atoms with Crippen molar-refractivity contribution in [3.8, 4) is 0 Å². The van der Waals surface area contributed by atoms with Gasteiger partial charge in [-0.3, -0.25) is 0 Å². The van der Waals surface area contributed by atoms with Gasteiger partial charge in [-0.25, -0.2) is 0 Å². The molecule has 4 atom stereocenters. The molecule has 0 saturated carbocycles. The standard InChI is InChI=1S/C21H34O5/c1-5-6-12-17(22)18(23-4)13-19(20-15-25-21(2,3)26-20)24-14-16-10-8-7-9-11-16/h7-11,17-20,22H,5-6,12-15H2,1-4H3/t17-,18-,19+,20-/m1/s1. The monoisotopic (exact) mass is 366 g/mol. The van der Waals surface area contributed by atoms with E-state index in [1.807, 2.05) is 44.2 Å². The van der Waals surface area contributed by atoms with E-state index in [9.17, 15) is 5.11 Å². The highest BCUT2D eigenvalue weighted by molar-refractivity contribution is 5.13. The number of aliphatic hydroxyl groups is 1. The minimum absolute atomic E-state index is 0.176. The van der Waals surface area contributed by atoms with Crippen LogP contribution < -0.4 is 0 Å². The molecule has 1 aliphatic heterocycles. The molecule has 1 aromatic rings. The Labute approximate surface area is 157 Å². The van der Waals surface area contributed by atoms with Crippen molar-refractivity contribution >= 4 is 0 Å². The number of rotatable bonds is 11. The molecule has 5 heteroatoms. The number of hydrogen-bond acceptors (Lipinski definition) is 5. The number of benzene rings is 1. The molecular weight excluding hydrogens is 332 g/mol. The van der Waals surface area contributed by atoms with E-state index in [-0.39, 0.29) is 18.3 Å². The van der Waals surface area contributed by atoms with Gasteiger partial charge in [-0.2, -0.15) is 0 Å². The normalized spacial score (nSPS) is 22.9. The van der Waals surface area contributed by atoms with E-state index in [1.165, 1.54) is 0 Å².